The normalized spacial score (nSPS) is 25.0. The second-order valence-corrected chi connectivity index (χ2v) is 5.49. The van der Waals surface area contributed by atoms with E-state index in [1.165, 1.54) is 0 Å². The Balaban J connectivity index is 1.96. The average Bonchev–Trinajstić information content (AvgIpc) is 2.33. The number of carboxylic acids is 1. The number of alkyl halides is 1. The van der Waals surface area contributed by atoms with Gasteiger partial charge in [-0.3, -0.25) is 0 Å². The molecule has 0 heterocycles. The van der Waals surface area contributed by atoms with Crippen LogP contribution in [0.2, 0.25) is 0 Å². The van der Waals surface area contributed by atoms with E-state index in [2.05, 4.69) is 15.9 Å². The molecule has 1 N–H and O–H groups in total. The third-order valence-electron chi connectivity index (χ3n) is 3.13. The van der Waals surface area contributed by atoms with Gasteiger partial charge in [0.25, 0.3) is 0 Å². The van der Waals surface area contributed by atoms with Crippen LogP contribution in [0.4, 0.5) is 0 Å². The quantitative estimate of drug-likeness (QED) is 0.850. The summed E-state index contributed by atoms with van der Waals surface area (Å²) in [7, 11) is 0. The minimum Gasteiger partial charge on any atom is -0.479 e. The summed E-state index contributed by atoms with van der Waals surface area (Å²) in [5.74, 6) is -0.484. The first-order chi connectivity index (χ1) is 8.18. The third kappa shape index (κ3) is 3.07. The maximum Gasteiger partial charge on any atom is 0.337 e. The first kappa shape index (κ1) is 12.6. The van der Waals surface area contributed by atoms with Crippen LogP contribution < -0.4 is 0 Å². The Labute approximate surface area is 109 Å². The topological polar surface area (TPSA) is 46.5 Å². The molecule has 92 valence electrons. The Kier molecular flexibility index (Phi) is 4.18. The number of aliphatic carboxylic acids is 1. The lowest BCUT2D eigenvalue weighted by Gasteiger charge is -2.32. The van der Waals surface area contributed by atoms with E-state index in [1.54, 1.807) is 12.1 Å². The summed E-state index contributed by atoms with van der Waals surface area (Å²) in [6.07, 6.45) is 1.41. The smallest absolute Gasteiger partial charge is 0.337 e. The molecule has 1 aromatic rings. The van der Waals surface area contributed by atoms with Gasteiger partial charge in [0.1, 0.15) is 0 Å². The van der Waals surface area contributed by atoms with Crippen LogP contribution in [0.3, 0.4) is 0 Å². The van der Waals surface area contributed by atoms with Crippen molar-refractivity contribution in [2.45, 2.75) is 23.8 Å². The number of carboxylic acid groups (broad SMARTS) is 1. The van der Waals surface area contributed by atoms with Crippen LogP contribution in [0.15, 0.2) is 30.3 Å². The predicted octanol–water partition coefficient (Wildman–Crippen LogP) is 3.00. The molecule has 3 atom stereocenters. The van der Waals surface area contributed by atoms with Crippen molar-refractivity contribution < 1.29 is 14.6 Å². The fourth-order valence-electron chi connectivity index (χ4n) is 1.87. The zero-order valence-corrected chi connectivity index (χ0v) is 11.0. The van der Waals surface area contributed by atoms with Crippen molar-refractivity contribution in [2.75, 3.05) is 6.61 Å². The molecule has 4 heteroatoms. The molecule has 3 unspecified atom stereocenters. The molecule has 0 saturated heterocycles. The number of halogens is 1. The molecule has 1 aliphatic rings. The van der Waals surface area contributed by atoms with Crippen molar-refractivity contribution in [1.29, 1.82) is 0 Å². The Bertz CT molecular complexity index is 380. The number of ether oxygens (including phenoxy) is 1. The van der Waals surface area contributed by atoms with E-state index >= 15 is 0 Å². The van der Waals surface area contributed by atoms with Gasteiger partial charge >= 0.3 is 5.97 Å². The van der Waals surface area contributed by atoms with E-state index in [1.807, 2.05) is 18.2 Å². The highest BCUT2D eigenvalue weighted by atomic mass is 79.9. The van der Waals surface area contributed by atoms with Crippen LogP contribution in [0.25, 0.3) is 0 Å². The fourth-order valence-corrected chi connectivity index (χ4v) is 2.56. The first-order valence-corrected chi connectivity index (χ1v) is 6.63. The molecule has 1 fully saturated rings. The van der Waals surface area contributed by atoms with Gasteiger partial charge in [0, 0.05) is 4.83 Å². The van der Waals surface area contributed by atoms with E-state index < -0.39 is 12.1 Å². The van der Waals surface area contributed by atoms with Crippen molar-refractivity contribution in [3.8, 4) is 0 Å². The van der Waals surface area contributed by atoms with Crippen LogP contribution in [0.1, 0.15) is 24.5 Å². The van der Waals surface area contributed by atoms with E-state index in [4.69, 9.17) is 9.84 Å². The standard InChI is InChI=1S/C13H15BrO3/c14-11-7-6-10(11)8-17-12(13(15)16)9-4-2-1-3-5-9/h1-5,10-12H,6-8H2,(H,15,16). The highest BCUT2D eigenvalue weighted by molar-refractivity contribution is 9.09. The van der Waals surface area contributed by atoms with Gasteiger partial charge in [-0.1, -0.05) is 46.3 Å². The second kappa shape index (κ2) is 5.65. The first-order valence-electron chi connectivity index (χ1n) is 5.72. The van der Waals surface area contributed by atoms with Crippen LogP contribution in [-0.4, -0.2) is 22.5 Å². The maximum atomic E-state index is 11.2. The second-order valence-electron chi connectivity index (χ2n) is 4.32. The van der Waals surface area contributed by atoms with Crippen LogP contribution in [-0.2, 0) is 9.53 Å². The summed E-state index contributed by atoms with van der Waals surface area (Å²) in [5, 5.41) is 9.16. The molecule has 0 aromatic heterocycles. The van der Waals surface area contributed by atoms with Gasteiger partial charge in [-0.25, -0.2) is 4.79 Å². The van der Waals surface area contributed by atoms with Crippen molar-refractivity contribution in [3.63, 3.8) is 0 Å². The molecule has 1 aromatic carbocycles. The largest absolute Gasteiger partial charge is 0.479 e. The lowest BCUT2D eigenvalue weighted by Crippen LogP contribution is -2.31. The van der Waals surface area contributed by atoms with Crippen LogP contribution in [0.5, 0.6) is 0 Å². The van der Waals surface area contributed by atoms with Crippen LogP contribution >= 0.6 is 15.9 Å². The maximum absolute atomic E-state index is 11.2. The van der Waals surface area contributed by atoms with E-state index in [0.29, 0.717) is 22.9 Å². The van der Waals surface area contributed by atoms with Gasteiger partial charge in [-0.05, 0) is 24.3 Å². The number of hydrogen-bond acceptors (Lipinski definition) is 2. The summed E-state index contributed by atoms with van der Waals surface area (Å²) >= 11 is 3.54. The minimum atomic E-state index is -0.929. The molecule has 1 saturated carbocycles. The zero-order chi connectivity index (χ0) is 12.3. The molecule has 1 aliphatic carbocycles. The van der Waals surface area contributed by atoms with Crippen molar-refractivity contribution >= 4 is 21.9 Å². The van der Waals surface area contributed by atoms with E-state index in [-0.39, 0.29) is 0 Å². The summed E-state index contributed by atoms with van der Waals surface area (Å²) in [6, 6.07) is 9.08. The molecular weight excluding hydrogens is 284 g/mol. The van der Waals surface area contributed by atoms with Crippen molar-refractivity contribution in [1.82, 2.24) is 0 Å². The lowest BCUT2D eigenvalue weighted by atomic mass is 9.86. The van der Waals surface area contributed by atoms with Gasteiger partial charge in [0.15, 0.2) is 6.10 Å². The average molecular weight is 299 g/mol. The number of benzene rings is 1. The van der Waals surface area contributed by atoms with Gasteiger partial charge in [-0.2, -0.15) is 0 Å². The van der Waals surface area contributed by atoms with Gasteiger partial charge in [0.2, 0.25) is 0 Å². The zero-order valence-electron chi connectivity index (χ0n) is 9.38. The third-order valence-corrected chi connectivity index (χ3v) is 4.33. The van der Waals surface area contributed by atoms with Gasteiger partial charge in [-0.15, -0.1) is 0 Å². The molecular formula is C13H15BrO3. The SMILES string of the molecule is O=C(O)C(OCC1CCC1Br)c1ccccc1. The summed E-state index contributed by atoms with van der Waals surface area (Å²) in [6.45, 7) is 0.502. The fraction of sp³-hybridized carbons (Fsp3) is 0.462. The van der Waals surface area contributed by atoms with Crippen LogP contribution in [0, 0.1) is 5.92 Å². The van der Waals surface area contributed by atoms with Gasteiger partial charge in [0.05, 0.1) is 6.61 Å². The Morgan fingerprint density at radius 3 is 2.59 bits per heavy atom. The predicted molar refractivity (Wildman–Crippen MR) is 68.2 cm³/mol. The monoisotopic (exact) mass is 298 g/mol. The molecule has 0 amide bonds. The molecule has 3 nitrogen and oxygen atoms in total. The molecule has 0 bridgehead atoms. The molecule has 17 heavy (non-hydrogen) atoms. The summed E-state index contributed by atoms with van der Waals surface area (Å²) in [5.41, 5.74) is 0.699. The number of carbonyl (C=O) groups is 1. The van der Waals surface area contributed by atoms with E-state index in [9.17, 15) is 4.79 Å². The number of rotatable bonds is 5. The van der Waals surface area contributed by atoms with Gasteiger partial charge < -0.3 is 9.84 Å². The Morgan fingerprint density at radius 2 is 2.12 bits per heavy atom. The molecule has 0 radical (unpaired) electrons. The Morgan fingerprint density at radius 1 is 1.41 bits per heavy atom. The molecule has 0 spiro atoms. The molecule has 2 rings (SSSR count). The Hall–Kier alpha value is -0.870. The van der Waals surface area contributed by atoms with Crippen molar-refractivity contribution in [2.24, 2.45) is 5.92 Å². The molecule has 0 aliphatic heterocycles. The van der Waals surface area contributed by atoms with Crippen molar-refractivity contribution in [3.05, 3.63) is 35.9 Å². The lowest BCUT2D eigenvalue weighted by molar-refractivity contribution is -0.152. The highest BCUT2D eigenvalue weighted by Crippen LogP contribution is 2.35. The highest BCUT2D eigenvalue weighted by Gasteiger charge is 2.30. The minimum absolute atomic E-state index is 0.445. The summed E-state index contributed by atoms with van der Waals surface area (Å²) < 4.78 is 5.53. The number of hydrogen-bond donors (Lipinski definition) is 1. The summed E-state index contributed by atoms with van der Waals surface area (Å²) in [4.78, 5) is 11.6. The van der Waals surface area contributed by atoms with E-state index in [0.717, 1.165) is 12.8 Å².